The van der Waals surface area contributed by atoms with E-state index in [4.69, 9.17) is 14.5 Å². The van der Waals surface area contributed by atoms with Crippen LogP contribution in [0.25, 0.3) is 16.8 Å². The number of carbonyl (C=O) groups is 1. The van der Waals surface area contributed by atoms with Gasteiger partial charge in [-0.15, -0.1) is 0 Å². The van der Waals surface area contributed by atoms with Crippen LogP contribution in [0.5, 0.6) is 11.5 Å². The topological polar surface area (TPSA) is 81.9 Å². The average molecular weight is 670 g/mol. The number of para-hydroxylation sites is 1. The molecule has 1 aliphatic rings. The molecule has 0 aliphatic carbocycles. The number of allylic oxidation sites excluding steroid dienone is 1. The predicted octanol–water partition coefficient (Wildman–Crippen LogP) is 7.14. The molecule has 0 spiro atoms. The summed E-state index contributed by atoms with van der Waals surface area (Å²) in [6.07, 6.45) is 1.81. The fourth-order valence-electron chi connectivity index (χ4n) is 6.01. The molecule has 0 bridgehead atoms. The molecule has 1 aliphatic heterocycles. The van der Waals surface area contributed by atoms with Crippen molar-refractivity contribution in [3.63, 3.8) is 0 Å². The van der Waals surface area contributed by atoms with Crippen LogP contribution in [0.1, 0.15) is 36.6 Å². The van der Waals surface area contributed by atoms with Crippen molar-refractivity contribution in [2.75, 3.05) is 11.9 Å². The van der Waals surface area contributed by atoms with Gasteiger partial charge in [-0.3, -0.25) is 14.2 Å². The Morgan fingerprint density at radius 2 is 1.65 bits per heavy atom. The fraction of sp³-hybridized carbons (Fsp3) is 0.125. The number of nitrogens with one attached hydrogen (secondary N) is 1. The third kappa shape index (κ3) is 6.40. The van der Waals surface area contributed by atoms with Crippen molar-refractivity contribution in [1.29, 1.82) is 0 Å². The Kier molecular flexibility index (Phi) is 8.91. The zero-order chi connectivity index (χ0) is 33.9. The first-order valence-electron chi connectivity index (χ1n) is 15.9. The number of nitrogens with zero attached hydrogens (tertiary/aromatic N) is 2. The second-order valence-corrected chi connectivity index (χ2v) is 12.5. The standard InChI is InChI=1S/C40H32FN3O4S/c1-3-47-30-20-17-27(18-21-30)37-36(38(45)43-29-13-5-4-6-14-29)25(2)42-40-44(37)39(46)35(49-40)23-32-31-15-9-7-11-26(31)19-22-34(32)48-24-28-12-8-10-16-33(28)41/h4-23,37H,3,24H2,1-2H3,(H,43,45)/b35-23-/t37-/m1/s1. The van der Waals surface area contributed by atoms with Crippen molar-refractivity contribution < 1.29 is 18.7 Å². The van der Waals surface area contributed by atoms with Crippen LogP contribution >= 0.6 is 11.3 Å². The van der Waals surface area contributed by atoms with E-state index in [2.05, 4.69) is 5.32 Å². The first-order valence-corrected chi connectivity index (χ1v) is 16.7. The van der Waals surface area contributed by atoms with Crippen LogP contribution in [0.2, 0.25) is 0 Å². The molecule has 5 aromatic carbocycles. The number of benzene rings is 5. The van der Waals surface area contributed by atoms with E-state index in [0.717, 1.165) is 16.3 Å². The van der Waals surface area contributed by atoms with E-state index in [-0.39, 0.29) is 23.9 Å². The lowest BCUT2D eigenvalue weighted by Gasteiger charge is -2.25. The number of hydrogen-bond acceptors (Lipinski definition) is 6. The van der Waals surface area contributed by atoms with Crippen LogP contribution in [0.4, 0.5) is 10.1 Å². The molecule has 0 saturated carbocycles. The van der Waals surface area contributed by atoms with E-state index in [1.54, 1.807) is 35.8 Å². The highest BCUT2D eigenvalue weighted by molar-refractivity contribution is 7.07. The number of aromatic nitrogens is 1. The van der Waals surface area contributed by atoms with Crippen molar-refractivity contribution in [2.45, 2.75) is 26.5 Å². The Morgan fingerprint density at radius 3 is 2.43 bits per heavy atom. The molecule has 1 aromatic heterocycles. The van der Waals surface area contributed by atoms with Gasteiger partial charge in [-0.2, -0.15) is 0 Å². The number of ether oxygens (including phenoxy) is 2. The van der Waals surface area contributed by atoms with E-state index in [1.807, 2.05) is 97.9 Å². The molecule has 6 aromatic rings. The van der Waals surface area contributed by atoms with Gasteiger partial charge in [-0.25, -0.2) is 9.38 Å². The van der Waals surface area contributed by atoms with Crippen molar-refractivity contribution in [1.82, 2.24) is 4.57 Å². The van der Waals surface area contributed by atoms with Gasteiger partial charge in [0.05, 0.1) is 28.5 Å². The summed E-state index contributed by atoms with van der Waals surface area (Å²) >= 11 is 1.24. The van der Waals surface area contributed by atoms with Crippen LogP contribution in [0.3, 0.4) is 0 Å². The lowest BCUT2D eigenvalue weighted by atomic mass is 9.95. The molecular formula is C40H32FN3O4S. The summed E-state index contributed by atoms with van der Waals surface area (Å²) < 4.78 is 28.4. The highest BCUT2D eigenvalue weighted by Gasteiger charge is 2.32. The van der Waals surface area contributed by atoms with Crippen LogP contribution in [0, 0.1) is 5.82 Å². The number of halogens is 1. The Hall–Kier alpha value is -5.80. The van der Waals surface area contributed by atoms with E-state index in [1.165, 1.54) is 17.4 Å². The number of fused-ring (bicyclic) bond motifs is 2. The van der Waals surface area contributed by atoms with Crippen LogP contribution in [-0.4, -0.2) is 17.1 Å². The molecule has 1 atom stereocenters. The van der Waals surface area contributed by atoms with Crippen LogP contribution in [0.15, 0.2) is 136 Å². The van der Waals surface area contributed by atoms with E-state index < -0.39 is 6.04 Å². The van der Waals surface area contributed by atoms with Gasteiger partial charge in [0.15, 0.2) is 4.80 Å². The molecule has 7 nitrogen and oxygen atoms in total. The predicted molar refractivity (Wildman–Crippen MR) is 191 cm³/mol. The fourth-order valence-corrected chi connectivity index (χ4v) is 7.04. The molecule has 1 amide bonds. The molecule has 7 rings (SSSR count). The Bertz CT molecular complexity index is 2400. The largest absolute Gasteiger partial charge is 0.494 e. The molecule has 0 saturated heterocycles. The van der Waals surface area contributed by atoms with Crippen LogP contribution in [-0.2, 0) is 11.4 Å². The number of thiazole rings is 1. The quantitative estimate of drug-likeness (QED) is 0.177. The summed E-state index contributed by atoms with van der Waals surface area (Å²) in [4.78, 5) is 33.7. The van der Waals surface area contributed by atoms with Gasteiger partial charge in [0.25, 0.3) is 11.5 Å². The minimum Gasteiger partial charge on any atom is -0.494 e. The minimum atomic E-state index is -0.748. The van der Waals surface area contributed by atoms with Gasteiger partial charge in [0, 0.05) is 16.8 Å². The lowest BCUT2D eigenvalue weighted by molar-refractivity contribution is -0.113. The van der Waals surface area contributed by atoms with Gasteiger partial charge in [0.1, 0.15) is 23.9 Å². The molecule has 244 valence electrons. The van der Waals surface area contributed by atoms with Crippen LogP contribution < -0.4 is 29.7 Å². The van der Waals surface area contributed by atoms with Crippen molar-refractivity contribution in [2.24, 2.45) is 4.99 Å². The maximum absolute atomic E-state index is 14.5. The molecule has 0 fully saturated rings. The number of hydrogen-bond donors (Lipinski definition) is 1. The molecule has 0 unspecified atom stereocenters. The van der Waals surface area contributed by atoms with Gasteiger partial charge in [0.2, 0.25) is 0 Å². The average Bonchev–Trinajstić information content (AvgIpc) is 3.42. The molecule has 1 N–H and O–H groups in total. The summed E-state index contributed by atoms with van der Waals surface area (Å²) in [5, 5.41) is 4.82. The number of anilines is 1. The summed E-state index contributed by atoms with van der Waals surface area (Å²) in [7, 11) is 0. The van der Waals surface area contributed by atoms with Gasteiger partial charge < -0.3 is 14.8 Å². The lowest BCUT2D eigenvalue weighted by Crippen LogP contribution is -2.40. The summed E-state index contributed by atoms with van der Waals surface area (Å²) in [5.74, 6) is 0.497. The number of carbonyl (C=O) groups excluding carboxylic acids is 1. The molecule has 9 heteroatoms. The first-order chi connectivity index (χ1) is 23.9. The molecule has 2 heterocycles. The highest BCUT2D eigenvalue weighted by Crippen LogP contribution is 2.33. The second kappa shape index (κ2) is 13.7. The monoisotopic (exact) mass is 669 g/mol. The maximum atomic E-state index is 14.5. The third-order valence-electron chi connectivity index (χ3n) is 8.35. The third-order valence-corrected chi connectivity index (χ3v) is 9.33. The van der Waals surface area contributed by atoms with E-state index in [9.17, 15) is 14.0 Å². The minimum absolute atomic E-state index is 0.0178. The Balaban J connectivity index is 1.37. The summed E-state index contributed by atoms with van der Waals surface area (Å²) in [5.41, 5.74) is 3.07. The normalized spacial score (nSPS) is 14.3. The van der Waals surface area contributed by atoms with Crippen molar-refractivity contribution in [3.05, 3.63) is 169 Å². The Labute approximate surface area is 285 Å². The van der Waals surface area contributed by atoms with Gasteiger partial charge >= 0.3 is 0 Å². The molecule has 49 heavy (non-hydrogen) atoms. The highest BCUT2D eigenvalue weighted by atomic mass is 32.1. The first kappa shape index (κ1) is 31.8. The van der Waals surface area contributed by atoms with Crippen molar-refractivity contribution >= 4 is 39.8 Å². The second-order valence-electron chi connectivity index (χ2n) is 11.5. The SMILES string of the molecule is CCOc1ccc([C@@H]2C(C(=O)Nc3ccccc3)=C(C)N=c3s/c(=C\c4c(OCc5ccccc5F)ccc5ccccc45)c(=O)n32)cc1. The molecular weight excluding hydrogens is 638 g/mol. The van der Waals surface area contributed by atoms with E-state index >= 15 is 0 Å². The maximum Gasteiger partial charge on any atom is 0.271 e. The zero-order valence-corrected chi connectivity index (χ0v) is 27.7. The number of amides is 1. The zero-order valence-electron chi connectivity index (χ0n) is 26.9. The Morgan fingerprint density at radius 1 is 0.918 bits per heavy atom. The summed E-state index contributed by atoms with van der Waals surface area (Å²) in [6, 6.07) is 34.0. The number of rotatable bonds is 9. The van der Waals surface area contributed by atoms with Crippen molar-refractivity contribution in [3.8, 4) is 11.5 Å². The van der Waals surface area contributed by atoms with Gasteiger partial charge in [-0.05, 0) is 72.7 Å². The smallest absolute Gasteiger partial charge is 0.271 e. The van der Waals surface area contributed by atoms with Gasteiger partial charge in [-0.1, -0.05) is 90.2 Å². The summed E-state index contributed by atoms with van der Waals surface area (Å²) in [6.45, 7) is 4.23. The van der Waals surface area contributed by atoms with E-state index in [0.29, 0.717) is 55.5 Å². The molecule has 0 radical (unpaired) electrons.